The van der Waals surface area contributed by atoms with Crippen molar-refractivity contribution >= 4 is 0 Å². The summed E-state index contributed by atoms with van der Waals surface area (Å²) in [6.07, 6.45) is 1.88. The number of ether oxygens (including phenoxy) is 1. The number of benzene rings is 1. The highest BCUT2D eigenvalue weighted by atomic mass is 16.5. The van der Waals surface area contributed by atoms with Gasteiger partial charge in [0.15, 0.2) is 0 Å². The highest BCUT2D eigenvalue weighted by Gasteiger charge is 2.10. The molecular formula is C16H27NO2. The first-order valence-electron chi connectivity index (χ1n) is 7.24. The summed E-state index contributed by atoms with van der Waals surface area (Å²) in [5, 5.41) is 13.5. The van der Waals surface area contributed by atoms with Gasteiger partial charge in [-0.05, 0) is 44.4 Å². The lowest BCUT2D eigenvalue weighted by Crippen LogP contribution is -2.31. The van der Waals surface area contributed by atoms with E-state index in [0.717, 1.165) is 24.2 Å². The fourth-order valence-corrected chi connectivity index (χ4v) is 2.01. The first-order chi connectivity index (χ1) is 9.06. The summed E-state index contributed by atoms with van der Waals surface area (Å²) in [4.78, 5) is 0. The van der Waals surface area contributed by atoms with Crippen LogP contribution in [0.15, 0.2) is 24.3 Å². The molecule has 0 spiro atoms. The molecule has 0 saturated heterocycles. The highest BCUT2D eigenvalue weighted by molar-refractivity contribution is 5.28. The molecule has 1 aromatic carbocycles. The van der Waals surface area contributed by atoms with Gasteiger partial charge in [-0.2, -0.15) is 0 Å². The Morgan fingerprint density at radius 2 is 1.68 bits per heavy atom. The molecule has 0 amide bonds. The van der Waals surface area contributed by atoms with Crippen molar-refractivity contribution in [1.29, 1.82) is 0 Å². The number of hydrogen-bond donors (Lipinski definition) is 2. The zero-order valence-electron chi connectivity index (χ0n) is 12.5. The third kappa shape index (κ3) is 5.62. The van der Waals surface area contributed by atoms with Crippen LogP contribution >= 0.6 is 0 Å². The fourth-order valence-electron chi connectivity index (χ4n) is 2.01. The monoisotopic (exact) mass is 265 g/mol. The van der Waals surface area contributed by atoms with E-state index in [1.807, 2.05) is 38.1 Å². The van der Waals surface area contributed by atoms with Gasteiger partial charge >= 0.3 is 0 Å². The third-order valence-corrected chi connectivity index (χ3v) is 3.22. The van der Waals surface area contributed by atoms with E-state index in [-0.39, 0.29) is 6.10 Å². The Balaban J connectivity index is 2.50. The Bertz CT molecular complexity index is 344. The molecule has 0 saturated carbocycles. The summed E-state index contributed by atoms with van der Waals surface area (Å²) in [6, 6.07) is 8.16. The molecule has 2 N–H and O–H groups in total. The van der Waals surface area contributed by atoms with Gasteiger partial charge in [0, 0.05) is 12.6 Å². The van der Waals surface area contributed by atoms with Crippen LogP contribution in [-0.2, 0) is 0 Å². The van der Waals surface area contributed by atoms with Crippen LogP contribution < -0.4 is 10.1 Å². The summed E-state index contributed by atoms with van der Waals surface area (Å²) in [6.45, 7) is 8.92. The second-order valence-corrected chi connectivity index (χ2v) is 5.17. The van der Waals surface area contributed by atoms with Crippen molar-refractivity contribution in [3.05, 3.63) is 29.8 Å². The Hall–Kier alpha value is -1.06. The van der Waals surface area contributed by atoms with Crippen LogP contribution in [-0.4, -0.2) is 23.8 Å². The molecule has 1 atom stereocenters. The Morgan fingerprint density at radius 3 is 2.16 bits per heavy atom. The smallest absolute Gasteiger partial charge is 0.119 e. The minimum Gasteiger partial charge on any atom is -0.491 e. The van der Waals surface area contributed by atoms with Gasteiger partial charge in [-0.25, -0.2) is 0 Å². The summed E-state index contributed by atoms with van der Waals surface area (Å²) >= 11 is 0. The van der Waals surface area contributed by atoms with Gasteiger partial charge < -0.3 is 15.2 Å². The highest BCUT2D eigenvalue weighted by Crippen LogP contribution is 2.18. The average molecular weight is 265 g/mol. The molecule has 0 heterocycles. The van der Waals surface area contributed by atoms with Gasteiger partial charge in [-0.3, -0.25) is 0 Å². The van der Waals surface area contributed by atoms with Gasteiger partial charge in [0.25, 0.3) is 0 Å². The van der Waals surface area contributed by atoms with Crippen molar-refractivity contribution in [3.63, 3.8) is 0 Å². The molecule has 3 nitrogen and oxygen atoms in total. The van der Waals surface area contributed by atoms with E-state index in [4.69, 9.17) is 4.74 Å². The van der Waals surface area contributed by atoms with Crippen LogP contribution in [0.5, 0.6) is 5.75 Å². The number of nitrogens with one attached hydrogen (secondary N) is 1. The Morgan fingerprint density at radius 1 is 1.11 bits per heavy atom. The number of hydrogen-bond acceptors (Lipinski definition) is 3. The number of rotatable bonds is 8. The molecule has 0 aromatic heterocycles. The zero-order valence-corrected chi connectivity index (χ0v) is 12.5. The lowest BCUT2D eigenvalue weighted by Gasteiger charge is -2.18. The lowest BCUT2D eigenvalue weighted by molar-refractivity contribution is 0.168. The van der Waals surface area contributed by atoms with Crippen LogP contribution in [0.3, 0.4) is 0 Å². The van der Waals surface area contributed by atoms with Crippen molar-refractivity contribution in [2.45, 2.75) is 58.8 Å². The second kappa shape index (κ2) is 8.18. The van der Waals surface area contributed by atoms with Gasteiger partial charge in [-0.1, -0.05) is 26.0 Å². The van der Waals surface area contributed by atoms with Crippen LogP contribution in [0.1, 0.15) is 52.2 Å². The molecular weight excluding hydrogens is 238 g/mol. The van der Waals surface area contributed by atoms with E-state index in [9.17, 15) is 5.11 Å². The largest absolute Gasteiger partial charge is 0.491 e. The van der Waals surface area contributed by atoms with Crippen molar-refractivity contribution in [2.75, 3.05) is 6.54 Å². The van der Waals surface area contributed by atoms with E-state index in [0.29, 0.717) is 12.6 Å². The van der Waals surface area contributed by atoms with Crippen molar-refractivity contribution in [2.24, 2.45) is 0 Å². The van der Waals surface area contributed by atoms with Gasteiger partial charge in [0.05, 0.1) is 12.2 Å². The Labute approximate surface area is 117 Å². The first kappa shape index (κ1) is 16.0. The van der Waals surface area contributed by atoms with E-state index in [1.54, 1.807) is 0 Å². The van der Waals surface area contributed by atoms with E-state index in [1.165, 1.54) is 0 Å². The van der Waals surface area contributed by atoms with E-state index < -0.39 is 6.10 Å². The molecule has 1 rings (SSSR count). The van der Waals surface area contributed by atoms with Crippen molar-refractivity contribution in [1.82, 2.24) is 5.32 Å². The fraction of sp³-hybridized carbons (Fsp3) is 0.625. The predicted octanol–water partition coefficient (Wildman–Crippen LogP) is 3.29. The van der Waals surface area contributed by atoms with Gasteiger partial charge in [0.2, 0.25) is 0 Å². The molecule has 0 radical (unpaired) electrons. The van der Waals surface area contributed by atoms with Crippen molar-refractivity contribution in [3.8, 4) is 5.75 Å². The predicted molar refractivity (Wildman–Crippen MR) is 79.5 cm³/mol. The maximum Gasteiger partial charge on any atom is 0.119 e. The van der Waals surface area contributed by atoms with Gasteiger partial charge in [0.1, 0.15) is 5.75 Å². The molecule has 0 bridgehead atoms. The summed E-state index contributed by atoms with van der Waals surface area (Å²) in [7, 11) is 0. The second-order valence-electron chi connectivity index (χ2n) is 5.17. The Kier molecular flexibility index (Phi) is 6.89. The molecule has 3 heteroatoms. The molecule has 0 aliphatic carbocycles. The first-order valence-corrected chi connectivity index (χ1v) is 7.24. The number of aliphatic hydroxyl groups is 1. The third-order valence-electron chi connectivity index (χ3n) is 3.22. The zero-order chi connectivity index (χ0) is 14.3. The van der Waals surface area contributed by atoms with Crippen molar-refractivity contribution < 1.29 is 9.84 Å². The average Bonchev–Trinajstić information content (AvgIpc) is 2.39. The van der Waals surface area contributed by atoms with Crippen LogP contribution in [0.25, 0.3) is 0 Å². The molecule has 1 unspecified atom stereocenters. The molecule has 108 valence electrons. The minimum absolute atomic E-state index is 0.173. The standard InChI is InChI=1S/C16H27NO2/c1-5-14(6-2)17-11-16(18)13-7-9-15(10-8-13)19-12(3)4/h7-10,12,14,16-18H,5-6,11H2,1-4H3. The van der Waals surface area contributed by atoms with E-state index >= 15 is 0 Å². The van der Waals surface area contributed by atoms with Crippen LogP contribution in [0.4, 0.5) is 0 Å². The summed E-state index contributed by atoms with van der Waals surface area (Å²) in [5.41, 5.74) is 0.926. The van der Waals surface area contributed by atoms with E-state index in [2.05, 4.69) is 19.2 Å². The maximum atomic E-state index is 10.1. The van der Waals surface area contributed by atoms with Crippen LogP contribution in [0, 0.1) is 0 Å². The number of aliphatic hydroxyl groups excluding tert-OH is 1. The summed E-state index contributed by atoms with van der Waals surface area (Å²) in [5.74, 6) is 0.846. The minimum atomic E-state index is -0.464. The maximum absolute atomic E-state index is 10.1. The molecule has 19 heavy (non-hydrogen) atoms. The topological polar surface area (TPSA) is 41.5 Å². The molecule has 1 aromatic rings. The van der Waals surface area contributed by atoms with Crippen LogP contribution in [0.2, 0.25) is 0 Å². The molecule has 0 aliphatic rings. The van der Waals surface area contributed by atoms with Gasteiger partial charge in [-0.15, -0.1) is 0 Å². The SMILES string of the molecule is CCC(CC)NCC(O)c1ccc(OC(C)C)cc1. The molecule has 0 fully saturated rings. The molecule has 0 aliphatic heterocycles. The summed E-state index contributed by atoms with van der Waals surface area (Å²) < 4.78 is 5.58. The normalized spacial score (nSPS) is 13.0. The lowest BCUT2D eigenvalue weighted by atomic mass is 10.1. The quantitative estimate of drug-likeness (QED) is 0.758.